The molecule has 8 heteroatoms. The number of fused-ring (bicyclic) bond motifs is 1. The first-order valence-electron chi connectivity index (χ1n) is 6.29. The monoisotopic (exact) mass is 311 g/mol. The Labute approximate surface area is 124 Å². The fourth-order valence-corrected chi connectivity index (χ4v) is 2.60. The Kier molecular flexibility index (Phi) is 4.79. The predicted molar refractivity (Wildman–Crippen MR) is 76.7 cm³/mol. The highest BCUT2D eigenvalue weighted by atomic mass is 32.2. The molecule has 0 aliphatic rings. The molecule has 1 aromatic carbocycles. The molecule has 0 atom stereocenters. The molecular weight excluding hydrogens is 297 g/mol. The summed E-state index contributed by atoms with van der Waals surface area (Å²) in [6.45, 7) is 2.25. The SMILES string of the molecule is CCNC(=O)Cn1c(SCC(=O)O)nc2c(F)cccc21. The lowest BCUT2D eigenvalue weighted by molar-refractivity contribution is -0.133. The third kappa shape index (κ3) is 3.52. The van der Waals surface area contributed by atoms with Crippen molar-refractivity contribution in [3.63, 3.8) is 0 Å². The van der Waals surface area contributed by atoms with E-state index in [1.54, 1.807) is 13.0 Å². The summed E-state index contributed by atoms with van der Waals surface area (Å²) in [4.78, 5) is 26.5. The molecule has 1 amide bonds. The minimum Gasteiger partial charge on any atom is -0.481 e. The molecule has 0 unspecified atom stereocenters. The molecule has 6 nitrogen and oxygen atoms in total. The second kappa shape index (κ2) is 6.57. The Morgan fingerprint density at radius 3 is 2.90 bits per heavy atom. The van der Waals surface area contributed by atoms with Crippen LogP contribution in [0.25, 0.3) is 11.0 Å². The second-order valence-corrected chi connectivity index (χ2v) is 5.17. The number of rotatable bonds is 6. The zero-order chi connectivity index (χ0) is 15.4. The predicted octanol–water partition coefficient (Wildman–Crippen LogP) is 1.49. The average molecular weight is 311 g/mol. The van der Waals surface area contributed by atoms with Gasteiger partial charge >= 0.3 is 5.97 Å². The lowest BCUT2D eigenvalue weighted by atomic mass is 10.3. The summed E-state index contributed by atoms with van der Waals surface area (Å²) in [5.74, 6) is -1.95. The van der Waals surface area contributed by atoms with Crippen LogP contribution in [-0.2, 0) is 16.1 Å². The molecule has 0 bridgehead atoms. The van der Waals surface area contributed by atoms with E-state index in [0.29, 0.717) is 17.2 Å². The number of aliphatic carboxylic acids is 1. The molecule has 2 N–H and O–H groups in total. The number of hydrogen-bond donors (Lipinski definition) is 2. The molecule has 2 rings (SSSR count). The normalized spacial score (nSPS) is 10.8. The molecule has 21 heavy (non-hydrogen) atoms. The number of halogens is 1. The zero-order valence-corrected chi connectivity index (χ0v) is 12.1. The third-order valence-electron chi connectivity index (χ3n) is 2.70. The number of carboxylic acid groups (broad SMARTS) is 1. The van der Waals surface area contributed by atoms with Gasteiger partial charge < -0.3 is 15.0 Å². The van der Waals surface area contributed by atoms with Crippen molar-refractivity contribution in [2.24, 2.45) is 0 Å². The van der Waals surface area contributed by atoms with Crippen molar-refractivity contribution in [2.45, 2.75) is 18.6 Å². The molecule has 0 radical (unpaired) electrons. The van der Waals surface area contributed by atoms with Gasteiger partial charge in [0.25, 0.3) is 0 Å². The highest BCUT2D eigenvalue weighted by Crippen LogP contribution is 2.25. The van der Waals surface area contributed by atoms with Crippen LogP contribution in [0.15, 0.2) is 23.4 Å². The number of hydrogen-bond acceptors (Lipinski definition) is 4. The van der Waals surface area contributed by atoms with Gasteiger partial charge in [-0.15, -0.1) is 0 Å². The van der Waals surface area contributed by atoms with E-state index >= 15 is 0 Å². The molecule has 1 heterocycles. The number of imidazole rings is 1. The van der Waals surface area contributed by atoms with E-state index in [-0.39, 0.29) is 23.7 Å². The van der Waals surface area contributed by atoms with Crippen LogP contribution in [0.5, 0.6) is 0 Å². The number of aromatic nitrogens is 2. The smallest absolute Gasteiger partial charge is 0.313 e. The summed E-state index contributed by atoms with van der Waals surface area (Å²) in [5, 5.41) is 11.7. The van der Waals surface area contributed by atoms with Gasteiger partial charge in [0.1, 0.15) is 12.1 Å². The molecule has 1 aromatic heterocycles. The standard InChI is InChI=1S/C13H14FN3O3S/c1-2-15-10(18)6-17-9-5-3-4-8(14)12(9)16-13(17)21-7-11(19)20/h3-5H,2,6-7H2,1H3,(H,15,18)(H,19,20). The van der Waals surface area contributed by atoms with Crippen LogP contribution in [-0.4, -0.2) is 38.8 Å². The number of likely N-dealkylation sites (N-methyl/N-ethyl adjacent to an activating group) is 1. The molecule has 0 aliphatic heterocycles. The first-order chi connectivity index (χ1) is 10.0. The Morgan fingerprint density at radius 2 is 2.24 bits per heavy atom. The number of nitrogens with zero attached hydrogens (tertiary/aromatic N) is 2. The van der Waals surface area contributed by atoms with Gasteiger partial charge in [-0.1, -0.05) is 17.8 Å². The molecule has 0 saturated carbocycles. The number of thioether (sulfide) groups is 1. The number of carbonyl (C=O) groups is 2. The van der Waals surface area contributed by atoms with Gasteiger partial charge in [0.15, 0.2) is 11.0 Å². The number of nitrogens with one attached hydrogen (secondary N) is 1. The highest BCUT2D eigenvalue weighted by Gasteiger charge is 2.17. The van der Waals surface area contributed by atoms with Crippen LogP contribution < -0.4 is 5.32 Å². The Balaban J connectivity index is 2.42. The summed E-state index contributed by atoms with van der Waals surface area (Å²) in [7, 11) is 0. The van der Waals surface area contributed by atoms with Gasteiger partial charge in [-0.05, 0) is 19.1 Å². The number of para-hydroxylation sites is 1. The molecule has 2 aromatic rings. The molecule has 0 fully saturated rings. The maximum Gasteiger partial charge on any atom is 0.313 e. The van der Waals surface area contributed by atoms with E-state index in [0.717, 1.165) is 11.8 Å². The van der Waals surface area contributed by atoms with Crippen LogP contribution in [0, 0.1) is 5.82 Å². The lowest BCUT2D eigenvalue weighted by Crippen LogP contribution is -2.27. The highest BCUT2D eigenvalue weighted by molar-refractivity contribution is 7.99. The van der Waals surface area contributed by atoms with Crippen molar-refractivity contribution in [3.8, 4) is 0 Å². The van der Waals surface area contributed by atoms with Crippen molar-refractivity contribution in [1.82, 2.24) is 14.9 Å². The van der Waals surface area contributed by atoms with E-state index in [2.05, 4.69) is 10.3 Å². The number of amides is 1. The Hall–Kier alpha value is -2.09. The van der Waals surface area contributed by atoms with E-state index in [9.17, 15) is 14.0 Å². The van der Waals surface area contributed by atoms with Crippen molar-refractivity contribution in [2.75, 3.05) is 12.3 Å². The molecular formula is C13H14FN3O3S. The quantitative estimate of drug-likeness (QED) is 0.790. The second-order valence-electron chi connectivity index (χ2n) is 4.22. The minimum atomic E-state index is -1.00. The van der Waals surface area contributed by atoms with Crippen molar-refractivity contribution >= 4 is 34.7 Å². The minimum absolute atomic E-state index is 0.0320. The van der Waals surface area contributed by atoms with Crippen LogP contribution in [0.3, 0.4) is 0 Å². The average Bonchev–Trinajstić information content (AvgIpc) is 2.76. The summed E-state index contributed by atoms with van der Waals surface area (Å²) in [6, 6.07) is 4.45. The summed E-state index contributed by atoms with van der Waals surface area (Å²) in [6.07, 6.45) is 0. The zero-order valence-electron chi connectivity index (χ0n) is 11.3. The fourth-order valence-electron chi connectivity index (χ4n) is 1.88. The molecule has 112 valence electrons. The van der Waals surface area contributed by atoms with Gasteiger partial charge in [0.2, 0.25) is 5.91 Å². The largest absolute Gasteiger partial charge is 0.481 e. The fraction of sp³-hybridized carbons (Fsp3) is 0.308. The van der Waals surface area contributed by atoms with Gasteiger partial charge in [-0.2, -0.15) is 0 Å². The Bertz CT molecular complexity index is 687. The number of carbonyl (C=O) groups excluding carboxylic acids is 1. The molecule has 0 aliphatic carbocycles. The number of benzene rings is 1. The Morgan fingerprint density at radius 1 is 1.48 bits per heavy atom. The van der Waals surface area contributed by atoms with Crippen molar-refractivity contribution in [1.29, 1.82) is 0 Å². The molecule has 0 spiro atoms. The van der Waals surface area contributed by atoms with Crippen LogP contribution in [0.2, 0.25) is 0 Å². The first kappa shape index (κ1) is 15.3. The summed E-state index contributed by atoms with van der Waals surface area (Å²) in [5.41, 5.74) is 0.601. The topological polar surface area (TPSA) is 84.2 Å². The third-order valence-corrected chi connectivity index (χ3v) is 3.66. The van der Waals surface area contributed by atoms with Gasteiger partial charge in [-0.25, -0.2) is 9.37 Å². The lowest BCUT2D eigenvalue weighted by Gasteiger charge is -2.08. The summed E-state index contributed by atoms with van der Waals surface area (Å²) < 4.78 is 15.3. The molecule has 0 saturated heterocycles. The van der Waals surface area contributed by atoms with E-state index in [1.165, 1.54) is 16.7 Å². The van der Waals surface area contributed by atoms with Gasteiger partial charge in [0.05, 0.1) is 11.3 Å². The van der Waals surface area contributed by atoms with Crippen molar-refractivity contribution < 1.29 is 19.1 Å². The number of carboxylic acids is 1. The van der Waals surface area contributed by atoms with Crippen LogP contribution in [0.4, 0.5) is 4.39 Å². The van der Waals surface area contributed by atoms with E-state index < -0.39 is 11.8 Å². The first-order valence-corrected chi connectivity index (χ1v) is 7.27. The maximum absolute atomic E-state index is 13.8. The van der Waals surface area contributed by atoms with Crippen LogP contribution in [0.1, 0.15) is 6.92 Å². The summed E-state index contributed by atoms with van der Waals surface area (Å²) >= 11 is 0.955. The van der Waals surface area contributed by atoms with Gasteiger partial charge in [-0.3, -0.25) is 9.59 Å². The van der Waals surface area contributed by atoms with E-state index in [4.69, 9.17) is 5.11 Å². The van der Waals surface area contributed by atoms with Crippen LogP contribution >= 0.6 is 11.8 Å². The maximum atomic E-state index is 13.8. The van der Waals surface area contributed by atoms with E-state index in [1.807, 2.05) is 0 Å². The van der Waals surface area contributed by atoms with Crippen molar-refractivity contribution in [3.05, 3.63) is 24.0 Å². The van der Waals surface area contributed by atoms with Gasteiger partial charge in [0, 0.05) is 6.54 Å².